The lowest BCUT2D eigenvalue weighted by Crippen LogP contribution is -2.38. The molecule has 7 heteroatoms. The van der Waals surface area contributed by atoms with E-state index in [1.165, 1.54) is 47.8 Å². The second kappa shape index (κ2) is 10.3. The van der Waals surface area contributed by atoms with Crippen LogP contribution in [0.15, 0.2) is 36.5 Å². The fourth-order valence-corrected chi connectivity index (χ4v) is 7.78. The van der Waals surface area contributed by atoms with Crippen molar-refractivity contribution in [2.24, 2.45) is 5.92 Å². The summed E-state index contributed by atoms with van der Waals surface area (Å²) in [7, 11) is 0. The Balaban J connectivity index is 0.974. The van der Waals surface area contributed by atoms with Crippen molar-refractivity contribution in [3.05, 3.63) is 52.7 Å². The molecule has 3 aromatic rings. The van der Waals surface area contributed by atoms with E-state index in [1.54, 1.807) is 6.20 Å². The zero-order valence-electron chi connectivity index (χ0n) is 22.2. The van der Waals surface area contributed by atoms with Gasteiger partial charge in [-0.3, -0.25) is 14.7 Å². The fourth-order valence-electron chi connectivity index (χ4n) is 6.53. The number of carbonyl (C=O) groups is 1. The maximum Gasteiger partial charge on any atom is 0.252 e. The molecule has 0 bridgehead atoms. The Morgan fingerprint density at radius 1 is 1.14 bits per heavy atom. The number of hydrogen-bond acceptors (Lipinski definition) is 6. The average Bonchev–Trinajstić information content (AvgIpc) is 3.49. The maximum absolute atomic E-state index is 13.0. The number of pyridine rings is 1. The van der Waals surface area contributed by atoms with Crippen molar-refractivity contribution in [1.29, 1.82) is 0 Å². The van der Waals surface area contributed by atoms with Gasteiger partial charge >= 0.3 is 0 Å². The second-order valence-electron chi connectivity index (χ2n) is 11.8. The molecule has 1 saturated heterocycles. The van der Waals surface area contributed by atoms with E-state index in [2.05, 4.69) is 33.9 Å². The monoisotopic (exact) mass is 517 g/mol. The molecule has 196 valence electrons. The molecule has 0 radical (unpaired) electrons. The first-order chi connectivity index (χ1) is 18.0. The molecule has 1 amide bonds. The van der Waals surface area contributed by atoms with Gasteiger partial charge in [0.2, 0.25) is 0 Å². The van der Waals surface area contributed by atoms with Crippen LogP contribution in [0.2, 0.25) is 0 Å². The highest BCUT2D eigenvalue weighted by molar-refractivity contribution is 7.15. The largest absolute Gasteiger partial charge is 0.349 e. The van der Waals surface area contributed by atoms with Gasteiger partial charge in [-0.05, 0) is 95.9 Å². The molecule has 6 rings (SSSR count). The highest BCUT2D eigenvalue weighted by Crippen LogP contribution is 2.38. The number of fused-ring (bicyclic) bond motifs is 2. The third kappa shape index (κ3) is 5.26. The number of aromatic nitrogens is 2. The summed E-state index contributed by atoms with van der Waals surface area (Å²) in [5.41, 5.74) is 3.17. The summed E-state index contributed by atoms with van der Waals surface area (Å²) in [4.78, 5) is 29.2. The van der Waals surface area contributed by atoms with Crippen LogP contribution in [-0.2, 0) is 13.0 Å². The predicted molar refractivity (Wildman–Crippen MR) is 151 cm³/mol. The topological polar surface area (TPSA) is 61.4 Å². The smallest absolute Gasteiger partial charge is 0.252 e. The molecule has 6 nitrogen and oxygen atoms in total. The first kappa shape index (κ1) is 24.8. The maximum atomic E-state index is 13.0. The molecule has 3 aliphatic rings. The molecular weight excluding hydrogens is 478 g/mol. The predicted octanol–water partition coefficient (Wildman–Crippen LogP) is 5.81. The summed E-state index contributed by atoms with van der Waals surface area (Å²) in [5.74, 6) is 0.791. The number of anilines is 1. The first-order valence-electron chi connectivity index (χ1n) is 14.1. The normalized spacial score (nSPS) is 23.8. The van der Waals surface area contributed by atoms with Crippen LogP contribution in [0.1, 0.15) is 79.7 Å². The van der Waals surface area contributed by atoms with E-state index >= 15 is 0 Å². The van der Waals surface area contributed by atoms with Crippen molar-refractivity contribution in [2.45, 2.75) is 83.3 Å². The number of amides is 1. The SMILES string of the molecule is CC1(C)CCCN1c1nc2c(s1)CCN(CC[C@H]1CC[C@H](NC(=O)c3cccc4ncccc34)CC1)C2. The molecule has 2 fully saturated rings. The molecule has 0 unspecified atom stereocenters. The number of nitrogens with zero attached hydrogens (tertiary/aromatic N) is 4. The highest BCUT2D eigenvalue weighted by Gasteiger charge is 2.35. The molecular formula is C30H39N5OS. The van der Waals surface area contributed by atoms with E-state index in [-0.39, 0.29) is 17.5 Å². The van der Waals surface area contributed by atoms with Crippen LogP contribution < -0.4 is 10.2 Å². The van der Waals surface area contributed by atoms with Crippen molar-refractivity contribution >= 4 is 33.3 Å². The Labute approximate surface area is 224 Å². The summed E-state index contributed by atoms with van der Waals surface area (Å²) in [6.07, 6.45) is 11.3. The van der Waals surface area contributed by atoms with Gasteiger partial charge in [0, 0.05) is 53.2 Å². The third-order valence-electron chi connectivity index (χ3n) is 8.85. The summed E-state index contributed by atoms with van der Waals surface area (Å²) < 4.78 is 0. The van der Waals surface area contributed by atoms with Crippen LogP contribution in [0.25, 0.3) is 10.9 Å². The van der Waals surface area contributed by atoms with Crippen molar-refractivity contribution < 1.29 is 4.79 Å². The van der Waals surface area contributed by atoms with Crippen molar-refractivity contribution in [2.75, 3.05) is 24.5 Å². The third-order valence-corrected chi connectivity index (χ3v) is 10.0. The zero-order chi connectivity index (χ0) is 25.4. The minimum absolute atomic E-state index is 0.0334. The number of carbonyl (C=O) groups excluding carboxylic acids is 1. The lowest BCUT2D eigenvalue weighted by Gasteiger charge is -2.32. The Kier molecular flexibility index (Phi) is 6.93. The number of rotatable bonds is 6. The number of benzene rings is 1. The molecule has 0 spiro atoms. The van der Waals surface area contributed by atoms with Crippen molar-refractivity contribution in [1.82, 2.24) is 20.2 Å². The van der Waals surface area contributed by atoms with E-state index in [1.807, 2.05) is 41.7 Å². The van der Waals surface area contributed by atoms with E-state index in [0.717, 1.165) is 67.8 Å². The lowest BCUT2D eigenvalue weighted by atomic mass is 9.84. The van der Waals surface area contributed by atoms with E-state index < -0.39 is 0 Å². The molecule has 37 heavy (non-hydrogen) atoms. The van der Waals surface area contributed by atoms with Gasteiger partial charge in [0.25, 0.3) is 5.91 Å². The molecule has 1 aromatic carbocycles. The van der Waals surface area contributed by atoms with E-state index in [9.17, 15) is 4.79 Å². The fraction of sp³-hybridized carbons (Fsp3) is 0.567. The van der Waals surface area contributed by atoms with Gasteiger partial charge in [-0.15, -0.1) is 11.3 Å². The summed E-state index contributed by atoms with van der Waals surface area (Å²) in [6.45, 7) is 9.17. The molecule has 1 saturated carbocycles. The minimum atomic E-state index is 0.0334. The number of hydrogen-bond donors (Lipinski definition) is 1. The highest BCUT2D eigenvalue weighted by atomic mass is 32.1. The molecule has 1 aliphatic carbocycles. The molecule has 2 aliphatic heterocycles. The Hall–Kier alpha value is -2.51. The van der Waals surface area contributed by atoms with Crippen LogP contribution >= 0.6 is 11.3 Å². The van der Waals surface area contributed by atoms with Crippen LogP contribution in [0, 0.1) is 5.92 Å². The zero-order valence-corrected chi connectivity index (χ0v) is 23.0. The Bertz CT molecular complexity index is 1260. The summed E-state index contributed by atoms with van der Waals surface area (Å²) >= 11 is 1.94. The Morgan fingerprint density at radius 3 is 2.81 bits per heavy atom. The number of thiazole rings is 1. The van der Waals surface area contributed by atoms with Crippen LogP contribution in [0.5, 0.6) is 0 Å². The standard InChI is InChI=1S/C30H39N5OS/c1-30(2)15-5-17-35(30)29-33-26-20-34(19-14-27(26)37-29)18-13-21-9-11-22(12-10-21)32-28(36)24-6-3-8-25-23(24)7-4-16-31-25/h3-4,6-8,16,21-22H,5,9-15,17-20H2,1-2H3,(H,32,36)/t21-,22-. The van der Waals surface area contributed by atoms with Gasteiger partial charge < -0.3 is 10.2 Å². The van der Waals surface area contributed by atoms with Crippen molar-refractivity contribution in [3.63, 3.8) is 0 Å². The van der Waals surface area contributed by atoms with Gasteiger partial charge in [-0.2, -0.15) is 0 Å². The van der Waals surface area contributed by atoms with Gasteiger partial charge in [-0.1, -0.05) is 12.1 Å². The van der Waals surface area contributed by atoms with Gasteiger partial charge in [0.05, 0.1) is 11.2 Å². The summed E-state index contributed by atoms with van der Waals surface area (Å²) in [5, 5.41) is 5.48. The second-order valence-corrected chi connectivity index (χ2v) is 12.9. The van der Waals surface area contributed by atoms with Crippen LogP contribution in [0.4, 0.5) is 5.13 Å². The van der Waals surface area contributed by atoms with Crippen molar-refractivity contribution in [3.8, 4) is 0 Å². The lowest BCUT2D eigenvalue weighted by molar-refractivity contribution is 0.0921. The molecule has 0 atom stereocenters. The van der Waals surface area contributed by atoms with Gasteiger partial charge in [0.15, 0.2) is 5.13 Å². The summed E-state index contributed by atoms with van der Waals surface area (Å²) in [6, 6.07) is 9.95. The van der Waals surface area contributed by atoms with E-state index in [0.29, 0.717) is 0 Å². The van der Waals surface area contributed by atoms with E-state index in [4.69, 9.17) is 4.98 Å². The number of nitrogens with one attached hydrogen (secondary N) is 1. The van der Waals surface area contributed by atoms with Crippen LogP contribution in [0.3, 0.4) is 0 Å². The van der Waals surface area contributed by atoms with Gasteiger partial charge in [-0.25, -0.2) is 4.98 Å². The van der Waals surface area contributed by atoms with Crippen LogP contribution in [-0.4, -0.2) is 52.0 Å². The molecule has 2 aromatic heterocycles. The minimum Gasteiger partial charge on any atom is -0.349 e. The quantitative estimate of drug-likeness (QED) is 0.447. The average molecular weight is 518 g/mol. The molecule has 4 heterocycles. The molecule has 1 N–H and O–H groups in total. The Morgan fingerprint density at radius 2 is 2.00 bits per heavy atom. The first-order valence-corrected chi connectivity index (χ1v) is 14.9. The van der Waals surface area contributed by atoms with Gasteiger partial charge in [0.1, 0.15) is 0 Å².